The summed E-state index contributed by atoms with van der Waals surface area (Å²) in [6, 6.07) is 36.9. The van der Waals surface area contributed by atoms with Crippen LogP contribution in [0.5, 0.6) is 11.5 Å². The number of hydrogen-bond acceptors (Lipinski definition) is 5. The standard InChI is InChI=1S/C24H29NO3.C19H21NO/c1-24(2,3)28-23(26)25-15-13-20(14-16-25)17-19-9-11-22(12-10-19)27-18-21-7-5-4-6-8-21;1-2-4-18(5-3-1)15-21-19-8-6-16(7-9-19)14-17-10-12-20-13-11-17/h4-12,17H,13-16,18H2,1-3H3;1-9,14,20H,10-13,15H2. The van der Waals surface area contributed by atoms with E-state index in [1.165, 1.54) is 22.3 Å². The van der Waals surface area contributed by atoms with Crippen molar-refractivity contribution in [2.45, 2.75) is 65.3 Å². The molecule has 49 heavy (non-hydrogen) atoms. The van der Waals surface area contributed by atoms with E-state index < -0.39 is 5.60 Å². The van der Waals surface area contributed by atoms with Gasteiger partial charge in [0, 0.05) is 13.1 Å². The van der Waals surface area contributed by atoms with Gasteiger partial charge in [0.25, 0.3) is 0 Å². The van der Waals surface area contributed by atoms with Gasteiger partial charge in [-0.25, -0.2) is 4.79 Å². The summed E-state index contributed by atoms with van der Waals surface area (Å²) in [6.45, 7) is 10.5. The van der Waals surface area contributed by atoms with Crippen LogP contribution in [0.1, 0.15) is 68.7 Å². The molecule has 0 atom stereocenters. The highest BCUT2D eigenvalue weighted by molar-refractivity contribution is 5.68. The number of amides is 1. The lowest BCUT2D eigenvalue weighted by atomic mass is 10.0. The molecule has 0 spiro atoms. The van der Waals surface area contributed by atoms with Crippen LogP contribution in [0.25, 0.3) is 12.2 Å². The molecule has 2 heterocycles. The minimum Gasteiger partial charge on any atom is -0.489 e. The van der Waals surface area contributed by atoms with E-state index in [-0.39, 0.29) is 6.09 Å². The maximum Gasteiger partial charge on any atom is 0.410 e. The predicted molar refractivity (Wildman–Crippen MR) is 200 cm³/mol. The van der Waals surface area contributed by atoms with Crippen LogP contribution < -0.4 is 14.8 Å². The second-order valence-corrected chi connectivity index (χ2v) is 13.5. The van der Waals surface area contributed by atoms with Crippen molar-refractivity contribution in [1.82, 2.24) is 10.2 Å². The molecule has 2 fully saturated rings. The van der Waals surface area contributed by atoms with E-state index >= 15 is 0 Å². The minimum atomic E-state index is -0.447. The Morgan fingerprint density at radius 1 is 0.633 bits per heavy atom. The fraction of sp³-hybridized carbons (Fsp3) is 0.326. The molecule has 0 aromatic heterocycles. The molecule has 0 bridgehead atoms. The van der Waals surface area contributed by atoms with Gasteiger partial charge in [0.15, 0.2) is 0 Å². The van der Waals surface area contributed by atoms with Crippen molar-refractivity contribution in [3.63, 3.8) is 0 Å². The molecular formula is C43H50N2O4. The Kier molecular flexibility index (Phi) is 13.1. The van der Waals surface area contributed by atoms with E-state index in [2.05, 4.69) is 78.1 Å². The fourth-order valence-electron chi connectivity index (χ4n) is 5.61. The van der Waals surface area contributed by atoms with E-state index in [1.807, 2.05) is 69.3 Å². The first-order valence-electron chi connectivity index (χ1n) is 17.4. The Morgan fingerprint density at radius 2 is 1.06 bits per heavy atom. The number of piperidine rings is 2. The maximum absolute atomic E-state index is 12.2. The lowest BCUT2D eigenvalue weighted by Gasteiger charge is -2.31. The average molecular weight is 659 g/mol. The first-order chi connectivity index (χ1) is 23.8. The van der Waals surface area contributed by atoms with Crippen molar-refractivity contribution >= 4 is 18.2 Å². The third-order valence-electron chi connectivity index (χ3n) is 8.30. The summed E-state index contributed by atoms with van der Waals surface area (Å²) in [5, 5.41) is 3.38. The molecule has 1 amide bonds. The first-order valence-corrected chi connectivity index (χ1v) is 17.4. The van der Waals surface area contributed by atoms with Crippen LogP contribution in [-0.4, -0.2) is 42.8 Å². The van der Waals surface area contributed by atoms with E-state index in [0.717, 1.165) is 61.4 Å². The number of nitrogens with zero attached hydrogens (tertiary/aromatic N) is 1. The van der Waals surface area contributed by atoms with Crippen LogP contribution in [0.2, 0.25) is 0 Å². The van der Waals surface area contributed by atoms with Crippen LogP contribution in [0.3, 0.4) is 0 Å². The van der Waals surface area contributed by atoms with Gasteiger partial charge < -0.3 is 24.4 Å². The van der Waals surface area contributed by atoms with Crippen molar-refractivity contribution in [2.75, 3.05) is 26.2 Å². The molecule has 6 rings (SSSR count). The number of ether oxygens (including phenoxy) is 3. The molecule has 256 valence electrons. The fourth-order valence-corrected chi connectivity index (χ4v) is 5.61. The van der Waals surface area contributed by atoms with Crippen molar-refractivity contribution in [2.24, 2.45) is 0 Å². The largest absolute Gasteiger partial charge is 0.489 e. The van der Waals surface area contributed by atoms with Gasteiger partial charge in [-0.05, 0) is 106 Å². The molecule has 2 saturated heterocycles. The van der Waals surface area contributed by atoms with E-state index in [9.17, 15) is 4.79 Å². The molecule has 6 heteroatoms. The monoisotopic (exact) mass is 658 g/mol. The molecule has 0 saturated carbocycles. The molecule has 6 nitrogen and oxygen atoms in total. The van der Waals surface area contributed by atoms with Gasteiger partial charge in [-0.15, -0.1) is 0 Å². The van der Waals surface area contributed by atoms with Gasteiger partial charge in [-0.2, -0.15) is 0 Å². The van der Waals surface area contributed by atoms with E-state index in [0.29, 0.717) is 26.3 Å². The van der Waals surface area contributed by atoms with Gasteiger partial charge in [-0.3, -0.25) is 0 Å². The predicted octanol–water partition coefficient (Wildman–Crippen LogP) is 9.71. The Hall–Kier alpha value is -4.81. The molecule has 1 N–H and O–H groups in total. The van der Waals surface area contributed by atoms with Crippen molar-refractivity contribution in [3.05, 3.63) is 143 Å². The molecule has 2 aliphatic rings. The summed E-state index contributed by atoms with van der Waals surface area (Å²) < 4.78 is 17.1. The van der Waals surface area contributed by atoms with Gasteiger partial charge >= 0.3 is 6.09 Å². The Bertz CT molecular complexity index is 1620. The van der Waals surface area contributed by atoms with Gasteiger partial charge in [0.2, 0.25) is 0 Å². The number of benzene rings is 4. The highest BCUT2D eigenvalue weighted by Gasteiger charge is 2.24. The topological polar surface area (TPSA) is 60.0 Å². The highest BCUT2D eigenvalue weighted by atomic mass is 16.6. The van der Waals surface area contributed by atoms with Gasteiger partial charge in [0.1, 0.15) is 30.3 Å². The quantitative estimate of drug-likeness (QED) is 0.204. The Balaban J connectivity index is 0.000000199. The minimum absolute atomic E-state index is 0.216. The second-order valence-electron chi connectivity index (χ2n) is 13.5. The van der Waals surface area contributed by atoms with Crippen molar-refractivity contribution < 1.29 is 19.0 Å². The average Bonchev–Trinajstić information content (AvgIpc) is 3.12. The van der Waals surface area contributed by atoms with Crippen molar-refractivity contribution in [3.8, 4) is 11.5 Å². The number of carbonyl (C=O) groups excluding carboxylic acids is 1. The molecule has 4 aromatic rings. The summed E-state index contributed by atoms with van der Waals surface area (Å²) in [6.07, 6.45) is 8.39. The van der Waals surface area contributed by atoms with E-state index in [1.54, 1.807) is 4.90 Å². The zero-order chi connectivity index (χ0) is 34.3. The van der Waals surface area contributed by atoms with Gasteiger partial charge in [0.05, 0.1) is 0 Å². The molecule has 4 aromatic carbocycles. The molecule has 0 aliphatic carbocycles. The van der Waals surface area contributed by atoms with Gasteiger partial charge in [-0.1, -0.05) is 108 Å². The zero-order valence-electron chi connectivity index (χ0n) is 29.2. The number of hydrogen-bond donors (Lipinski definition) is 1. The van der Waals surface area contributed by atoms with Crippen LogP contribution in [-0.2, 0) is 18.0 Å². The summed E-state index contributed by atoms with van der Waals surface area (Å²) in [5.41, 5.74) is 7.22. The summed E-state index contributed by atoms with van der Waals surface area (Å²) in [7, 11) is 0. The number of nitrogens with one attached hydrogen (secondary N) is 1. The summed E-state index contributed by atoms with van der Waals surface area (Å²) in [5.74, 6) is 1.79. The van der Waals surface area contributed by atoms with Crippen LogP contribution in [0, 0.1) is 0 Å². The smallest absolute Gasteiger partial charge is 0.410 e. The molecular weight excluding hydrogens is 608 g/mol. The molecule has 2 aliphatic heterocycles. The van der Waals surface area contributed by atoms with Crippen LogP contribution in [0.15, 0.2) is 120 Å². The summed E-state index contributed by atoms with van der Waals surface area (Å²) >= 11 is 0. The Morgan fingerprint density at radius 3 is 1.49 bits per heavy atom. The number of carbonyl (C=O) groups is 1. The first kappa shape index (κ1) is 35.5. The number of likely N-dealkylation sites (tertiary alicyclic amines) is 1. The van der Waals surface area contributed by atoms with E-state index in [4.69, 9.17) is 14.2 Å². The second kappa shape index (κ2) is 18.1. The molecule has 0 radical (unpaired) electrons. The van der Waals surface area contributed by atoms with Crippen LogP contribution in [0.4, 0.5) is 4.79 Å². The third kappa shape index (κ3) is 12.6. The Labute approximate surface area is 292 Å². The highest BCUT2D eigenvalue weighted by Crippen LogP contribution is 2.23. The molecule has 0 unspecified atom stereocenters. The maximum atomic E-state index is 12.2. The summed E-state index contributed by atoms with van der Waals surface area (Å²) in [4.78, 5) is 13.9. The van der Waals surface area contributed by atoms with Crippen LogP contribution >= 0.6 is 0 Å². The lowest BCUT2D eigenvalue weighted by Crippen LogP contribution is -2.40. The third-order valence-corrected chi connectivity index (χ3v) is 8.30. The normalized spacial score (nSPS) is 14.6. The van der Waals surface area contributed by atoms with Crippen molar-refractivity contribution in [1.29, 1.82) is 0 Å². The SMILES string of the molecule is C(=C1CCNCC1)c1ccc(OCc2ccccc2)cc1.CC(C)(C)OC(=O)N1CCC(=Cc2ccc(OCc3ccccc3)cc2)CC1. The zero-order valence-corrected chi connectivity index (χ0v) is 29.2. The lowest BCUT2D eigenvalue weighted by molar-refractivity contribution is 0.0237. The number of rotatable bonds is 8.